The van der Waals surface area contributed by atoms with Gasteiger partial charge in [-0.15, -0.1) is 11.3 Å². The molecule has 8 heteroatoms. The summed E-state index contributed by atoms with van der Waals surface area (Å²) >= 11 is 1.31. The van der Waals surface area contributed by atoms with Gasteiger partial charge >= 0.3 is 0 Å². The van der Waals surface area contributed by atoms with Crippen LogP contribution in [0, 0.1) is 12.8 Å². The normalized spacial score (nSPS) is 11.7. The van der Waals surface area contributed by atoms with Gasteiger partial charge in [-0.05, 0) is 43.2 Å². The lowest BCUT2D eigenvalue weighted by Gasteiger charge is -2.21. The first-order valence-electron chi connectivity index (χ1n) is 10.2. The average molecular weight is 454 g/mol. The van der Waals surface area contributed by atoms with Crippen LogP contribution in [0.3, 0.4) is 0 Å². The fourth-order valence-corrected chi connectivity index (χ4v) is 3.91. The summed E-state index contributed by atoms with van der Waals surface area (Å²) in [6.07, 6.45) is 0. The highest BCUT2D eigenvalue weighted by Gasteiger charge is 2.25. The van der Waals surface area contributed by atoms with Gasteiger partial charge < -0.3 is 20.1 Å². The van der Waals surface area contributed by atoms with Crippen molar-refractivity contribution in [1.29, 1.82) is 0 Å². The van der Waals surface area contributed by atoms with Crippen LogP contribution in [-0.4, -0.2) is 37.1 Å². The maximum absolute atomic E-state index is 12.9. The average Bonchev–Trinajstić information content (AvgIpc) is 3.24. The molecule has 1 aromatic heterocycles. The lowest BCUT2D eigenvalue weighted by molar-refractivity contribution is -0.118. The molecule has 0 aliphatic rings. The highest BCUT2D eigenvalue weighted by molar-refractivity contribution is 7.14. The molecule has 0 bridgehead atoms. The van der Waals surface area contributed by atoms with Crippen molar-refractivity contribution in [3.05, 3.63) is 59.0 Å². The van der Waals surface area contributed by atoms with E-state index in [0.717, 1.165) is 11.1 Å². The Kier molecular flexibility index (Phi) is 7.48. The maximum atomic E-state index is 12.9. The summed E-state index contributed by atoms with van der Waals surface area (Å²) in [5.41, 5.74) is 3.05. The molecule has 0 fully saturated rings. The molecule has 2 aromatic carbocycles. The van der Waals surface area contributed by atoms with Crippen molar-refractivity contribution >= 4 is 28.3 Å². The molecule has 3 rings (SSSR count). The number of methoxy groups -OCH3 is 2. The molecule has 0 radical (unpaired) electrons. The summed E-state index contributed by atoms with van der Waals surface area (Å²) in [5.74, 6) is 0.530. The smallest absolute Gasteiger partial charge is 0.251 e. The van der Waals surface area contributed by atoms with Crippen molar-refractivity contribution in [2.45, 2.75) is 26.8 Å². The van der Waals surface area contributed by atoms with Crippen LogP contribution >= 0.6 is 11.3 Å². The highest BCUT2D eigenvalue weighted by Crippen LogP contribution is 2.33. The summed E-state index contributed by atoms with van der Waals surface area (Å²) in [5, 5.41) is 7.98. The third kappa shape index (κ3) is 5.45. The van der Waals surface area contributed by atoms with Crippen molar-refractivity contribution in [3.63, 3.8) is 0 Å². The van der Waals surface area contributed by atoms with Crippen molar-refractivity contribution in [3.8, 4) is 22.8 Å². The number of carbonyl (C=O) groups is 2. The van der Waals surface area contributed by atoms with Crippen LogP contribution in [0.1, 0.15) is 29.8 Å². The van der Waals surface area contributed by atoms with Gasteiger partial charge in [0.1, 0.15) is 6.04 Å². The summed E-state index contributed by atoms with van der Waals surface area (Å²) in [6.45, 7) is 5.69. The molecule has 0 unspecified atom stereocenters. The highest BCUT2D eigenvalue weighted by atomic mass is 32.1. The number of carbonyl (C=O) groups excluding carboxylic acids is 2. The van der Waals surface area contributed by atoms with E-state index in [9.17, 15) is 9.59 Å². The van der Waals surface area contributed by atoms with Crippen LogP contribution in [0.25, 0.3) is 11.3 Å². The maximum Gasteiger partial charge on any atom is 0.251 e. The van der Waals surface area contributed by atoms with Gasteiger partial charge in [0.05, 0.1) is 19.9 Å². The van der Waals surface area contributed by atoms with E-state index in [1.807, 2.05) is 50.4 Å². The summed E-state index contributed by atoms with van der Waals surface area (Å²) in [7, 11) is 3.16. The van der Waals surface area contributed by atoms with Gasteiger partial charge in [-0.3, -0.25) is 9.59 Å². The lowest BCUT2D eigenvalue weighted by Crippen LogP contribution is -2.47. The molecular weight excluding hydrogens is 426 g/mol. The topological polar surface area (TPSA) is 89.6 Å². The minimum Gasteiger partial charge on any atom is -0.493 e. The molecular formula is C24H27N3O4S. The second-order valence-corrected chi connectivity index (χ2v) is 8.52. The Balaban J connectivity index is 1.72. The zero-order chi connectivity index (χ0) is 23.3. The van der Waals surface area contributed by atoms with Gasteiger partial charge in [0.2, 0.25) is 5.91 Å². The van der Waals surface area contributed by atoms with Gasteiger partial charge in [-0.2, -0.15) is 0 Å². The number of anilines is 1. The molecule has 0 spiro atoms. The Morgan fingerprint density at radius 2 is 1.78 bits per heavy atom. The molecule has 7 nitrogen and oxygen atoms in total. The zero-order valence-electron chi connectivity index (χ0n) is 18.8. The molecule has 2 N–H and O–H groups in total. The number of benzene rings is 2. The summed E-state index contributed by atoms with van der Waals surface area (Å²) in [4.78, 5) is 30.1. The van der Waals surface area contributed by atoms with E-state index in [1.54, 1.807) is 32.4 Å². The standard InChI is InChI=1S/C24H27N3O4S/c1-14(2)21(26-22(28)17-8-6-7-15(3)11-17)23(29)27-24-25-18(13-32-24)16-9-10-19(30-4)20(12-16)31-5/h6-14,21H,1-5H3,(H,26,28)(H,25,27,29)/t21-/m0/s1. The van der Waals surface area contributed by atoms with E-state index >= 15 is 0 Å². The number of aromatic nitrogens is 1. The van der Waals surface area contributed by atoms with Gasteiger partial charge in [0.15, 0.2) is 16.6 Å². The monoisotopic (exact) mass is 453 g/mol. The molecule has 3 aromatic rings. The number of thiazole rings is 1. The number of rotatable bonds is 8. The van der Waals surface area contributed by atoms with E-state index in [4.69, 9.17) is 9.47 Å². The third-order valence-electron chi connectivity index (χ3n) is 4.93. The number of hydrogen-bond acceptors (Lipinski definition) is 6. The van der Waals surface area contributed by atoms with Gasteiger partial charge in [-0.1, -0.05) is 31.5 Å². The Morgan fingerprint density at radius 1 is 1.03 bits per heavy atom. The summed E-state index contributed by atoms with van der Waals surface area (Å²) < 4.78 is 10.6. The number of aryl methyl sites for hydroxylation is 1. The van der Waals surface area contributed by atoms with Crippen molar-refractivity contribution in [1.82, 2.24) is 10.3 Å². The first-order chi connectivity index (χ1) is 15.3. The Labute approximate surface area is 191 Å². The molecule has 0 saturated heterocycles. The van der Waals surface area contributed by atoms with E-state index in [1.165, 1.54) is 11.3 Å². The van der Waals surface area contributed by atoms with E-state index in [-0.39, 0.29) is 17.7 Å². The van der Waals surface area contributed by atoms with Crippen molar-refractivity contribution in [2.75, 3.05) is 19.5 Å². The zero-order valence-corrected chi connectivity index (χ0v) is 19.6. The number of hydrogen-bond donors (Lipinski definition) is 2. The van der Waals surface area contributed by atoms with Crippen molar-refractivity contribution in [2.24, 2.45) is 5.92 Å². The SMILES string of the molecule is COc1ccc(-c2csc(NC(=O)[C@@H](NC(=O)c3cccc(C)c3)C(C)C)n2)cc1OC. The Bertz CT molecular complexity index is 1110. The third-order valence-corrected chi connectivity index (χ3v) is 5.69. The predicted octanol–water partition coefficient (Wildman–Crippen LogP) is 4.53. The van der Waals surface area contributed by atoms with Crippen LogP contribution in [0.4, 0.5) is 5.13 Å². The first-order valence-corrected chi connectivity index (χ1v) is 11.1. The number of ether oxygens (including phenoxy) is 2. The molecule has 2 amide bonds. The molecule has 0 saturated carbocycles. The van der Waals surface area contributed by atoms with Crippen LogP contribution in [0.2, 0.25) is 0 Å². The quantitative estimate of drug-likeness (QED) is 0.523. The molecule has 0 aliphatic carbocycles. The Hall–Kier alpha value is -3.39. The number of nitrogens with zero attached hydrogens (tertiary/aromatic N) is 1. The number of nitrogens with one attached hydrogen (secondary N) is 2. The largest absolute Gasteiger partial charge is 0.493 e. The molecule has 168 valence electrons. The molecule has 0 aliphatic heterocycles. The lowest BCUT2D eigenvalue weighted by atomic mass is 10.0. The molecule has 1 heterocycles. The second kappa shape index (κ2) is 10.3. The fraction of sp³-hybridized carbons (Fsp3) is 0.292. The first kappa shape index (κ1) is 23.3. The van der Waals surface area contributed by atoms with Crippen LogP contribution in [0.15, 0.2) is 47.8 Å². The van der Waals surface area contributed by atoms with Crippen molar-refractivity contribution < 1.29 is 19.1 Å². The van der Waals surface area contributed by atoms with E-state index in [2.05, 4.69) is 15.6 Å². The van der Waals surface area contributed by atoms with Crippen LogP contribution in [0.5, 0.6) is 11.5 Å². The van der Waals surface area contributed by atoms with Gasteiger partial charge in [0, 0.05) is 16.5 Å². The van der Waals surface area contributed by atoms with Crippen LogP contribution in [-0.2, 0) is 4.79 Å². The fourth-order valence-electron chi connectivity index (χ4n) is 3.19. The minimum absolute atomic E-state index is 0.103. The van der Waals surface area contributed by atoms with Gasteiger partial charge in [-0.25, -0.2) is 4.98 Å². The second-order valence-electron chi connectivity index (χ2n) is 7.66. The van der Waals surface area contributed by atoms with E-state index in [0.29, 0.717) is 27.9 Å². The summed E-state index contributed by atoms with van der Waals surface area (Å²) in [6, 6.07) is 12.1. The van der Waals surface area contributed by atoms with E-state index < -0.39 is 6.04 Å². The van der Waals surface area contributed by atoms with Crippen LogP contribution < -0.4 is 20.1 Å². The molecule has 32 heavy (non-hydrogen) atoms. The predicted molar refractivity (Wildman–Crippen MR) is 127 cm³/mol. The number of amides is 2. The van der Waals surface area contributed by atoms with Gasteiger partial charge in [0.25, 0.3) is 5.91 Å². The molecule has 1 atom stereocenters. The minimum atomic E-state index is -0.698. The Morgan fingerprint density at radius 3 is 2.44 bits per heavy atom.